The Bertz CT molecular complexity index is 1420. The number of nitrogens with zero attached hydrogens (tertiary/aromatic N) is 4. The second-order valence-corrected chi connectivity index (χ2v) is 10.4. The Balaban J connectivity index is 0.00000336. The van der Waals surface area contributed by atoms with E-state index >= 15 is 0 Å². The predicted octanol–water partition coefficient (Wildman–Crippen LogP) is 6.02. The van der Waals surface area contributed by atoms with Gasteiger partial charge in [0.2, 0.25) is 0 Å². The number of methoxy groups -OCH3 is 1. The van der Waals surface area contributed by atoms with E-state index in [1.165, 1.54) is 11.3 Å². The first-order valence-corrected chi connectivity index (χ1v) is 13.4. The minimum absolute atomic E-state index is 0. The van der Waals surface area contributed by atoms with Crippen LogP contribution in [-0.4, -0.2) is 67.5 Å². The number of aromatic nitrogens is 2. The van der Waals surface area contributed by atoms with Crippen molar-refractivity contribution in [3.05, 3.63) is 58.3 Å². The molecule has 0 spiro atoms. The van der Waals surface area contributed by atoms with E-state index in [2.05, 4.69) is 10.1 Å². The average Bonchev–Trinajstić information content (AvgIpc) is 3.52. The van der Waals surface area contributed by atoms with Gasteiger partial charge in [0.05, 0.1) is 30.0 Å². The maximum atomic E-state index is 14.2. The summed E-state index contributed by atoms with van der Waals surface area (Å²) in [6, 6.07) is 11.2. The summed E-state index contributed by atoms with van der Waals surface area (Å²) < 4.78 is 17.5. The van der Waals surface area contributed by atoms with Gasteiger partial charge >= 0.3 is 0 Å². The first-order valence-electron chi connectivity index (χ1n) is 12.2. The first-order chi connectivity index (χ1) is 18.0. The fourth-order valence-corrected chi connectivity index (χ4v) is 5.84. The van der Waals surface area contributed by atoms with E-state index in [-0.39, 0.29) is 18.3 Å². The Kier molecular flexibility index (Phi) is 9.27. The molecule has 0 N–H and O–H groups in total. The maximum Gasteiger partial charge on any atom is 0.265 e. The van der Waals surface area contributed by atoms with Crippen LogP contribution < -0.4 is 9.64 Å². The van der Waals surface area contributed by atoms with Crippen LogP contribution in [0.2, 0.25) is 5.02 Å². The van der Waals surface area contributed by atoms with Gasteiger partial charge in [-0.1, -0.05) is 52.4 Å². The number of amides is 1. The Labute approximate surface area is 236 Å². The molecule has 0 radical (unpaired) electrons. The molecule has 0 bridgehead atoms. The van der Waals surface area contributed by atoms with Gasteiger partial charge in [0.25, 0.3) is 5.91 Å². The quantitative estimate of drug-likeness (QED) is 0.253. The molecular weight excluding hydrogens is 547 g/mol. The van der Waals surface area contributed by atoms with Gasteiger partial charge in [-0.2, -0.15) is 0 Å². The zero-order chi connectivity index (χ0) is 25.9. The van der Waals surface area contributed by atoms with Crippen molar-refractivity contribution in [2.24, 2.45) is 0 Å². The molecule has 0 unspecified atom stereocenters. The Morgan fingerprint density at radius 1 is 1.18 bits per heavy atom. The molecule has 1 aliphatic rings. The van der Waals surface area contributed by atoms with Crippen LogP contribution in [0.5, 0.6) is 5.75 Å². The van der Waals surface area contributed by atoms with Gasteiger partial charge in [-0.15, -0.1) is 12.4 Å². The van der Waals surface area contributed by atoms with Crippen LogP contribution in [0.1, 0.15) is 28.1 Å². The van der Waals surface area contributed by atoms with Crippen LogP contribution in [0, 0.1) is 13.8 Å². The molecule has 202 valence electrons. The van der Waals surface area contributed by atoms with Crippen LogP contribution in [-0.2, 0) is 4.74 Å². The standard InChI is InChI=1S/C27H29ClN4O4S.ClH/c1-17-9-10-21(34-3)24-25(17)37-27(29-24)32(12-6-11-31-13-15-35-16-14-31)26(33)22-18(2)36-30-23(22)19-7-4-5-8-20(19)28;/h4-5,7-10H,6,11-16H2,1-3H3;1H. The lowest BCUT2D eigenvalue weighted by Crippen LogP contribution is -2.39. The van der Waals surface area contributed by atoms with Crippen molar-refractivity contribution in [1.82, 2.24) is 15.0 Å². The minimum atomic E-state index is -0.216. The zero-order valence-corrected chi connectivity index (χ0v) is 23.9. The van der Waals surface area contributed by atoms with Crippen molar-refractivity contribution in [3.8, 4) is 17.0 Å². The highest BCUT2D eigenvalue weighted by Crippen LogP contribution is 2.38. The number of benzene rings is 2. The van der Waals surface area contributed by atoms with Crippen molar-refractivity contribution in [2.75, 3.05) is 51.4 Å². The van der Waals surface area contributed by atoms with Gasteiger partial charge in [0.15, 0.2) is 5.13 Å². The molecule has 1 fully saturated rings. The Morgan fingerprint density at radius 2 is 1.95 bits per heavy atom. The monoisotopic (exact) mass is 576 g/mol. The van der Waals surface area contributed by atoms with Crippen molar-refractivity contribution < 1.29 is 18.8 Å². The number of carbonyl (C=O) groups excluding carboxylic acids is 1. The second kappa shape index (κ2) is 12.4. The Morgan fingerprint density at radius 3 is 2.68 bits per heavy atom. The second-order valence-electron chi connectivity index (χ2n) is 8.97. The summed E-state index contributed by atoms with van der Waals surface area (Å²) >= 11 is 7.96. The molecule has 2 aromatic heterocycles. The van der Waals surface area contributed by atoms with Gasteiger partial charge in [0, 0.05) is 31.7 Å². The summed E-state index contributed by atoms with van der Waals surface area (Å²) in [7, 11) is 1.63. The molecule has 0 saturated carbocycles. The molecule has 1 amide bonds. The van der Waals surface area contributed by atoms with Crippen LogP contribution in [0.25, 0.3) is 21.5 Å². The third-order valence-electron chi connectivity index (χ3n) is 6.55. The topological polar surface area (TPSA) is 80.9 Å². The van der Waals surface area contributed by atoms with E-state index in [4.69, 9.17) is 30.6 Å². The maximum absolute atomic E-state index is 14.2. The van der Waals surface area contributed by atoms with Gasteiger partial charge in [-0.25, -0.2) is 4.98 Å². The number of thiazole rings is 1. The number of hydrogen-bond donors (Lipinski definition) is 0. The number of halogens is 2. The molecule has 38 heavy (non-hydrogen) atoms. The normalized spacial score (nSPS) is 13.9. The fourth-order valence-electron chi connectivity index (χ4n) is 4.54. The number of carbonyl (C=O) groups is 1. The lowest BCUT2D eigenvalue weighted by atomic mass is 10.0. The van der Waals surface area contributed by atoms with E-state index in [1.807, 2.05) is 37.3 Å². The van der Waals surface area contributed by atoms with Crippen LogP contribution >= 0.6 is 35.3 Å². The largest absolute Gasteiger partial charge is 0.494 e. The van der Waals surface area contributed by atoms with E-state index in [0.717, 1.165) is 55.0 Å². The molecule has 1 saturated heterocycles. The minimum Gasteiger partial charge on any atom is -0.494 e. The molecule has 11 heteroatoms. The number of fused-ring (bicyclic) bond motifs is 1. The zero-order valence-electron chi connectivity index (χ0n) is 21.5. The average molecular weight is 578 g/mol. The number of aryl methyl sites for hydroxylation is 2. The van der Waals surface area contributed by atoms with E-state index in [1.54, 1.807) is 25.0 Å². The van der Waals surface area contributed by atoms with Crippen molar-refractivity contribution in [1.29, 1.82) is 0 Å². The molecule has 8 nitrogen and oxygen atoms in total. The van der Waals surface area contributed by atoms with Gasteiger partial charge < -0.3 is 14.0 Å². The van der Waals surface area contributed by atoms with E-state index in [9.17, 15) is 4.79 Å². The van der Waals surface area contributed by atoms with Gasteiger partial charge in [-0.05, 0) is 38.0 Å². The number of anilines is 1. The SMILES string of the molecule is COc1ccc(C)c2sc(N(CCCN3CCOCC3)C(=O)c3c(-c4ccccc4Cl)noc3C)nc12.Cl. The lowest BCUT2D eigenvalue weighted by Gasteiger charge is -2.27. The summed E-state index contributed by atoms with van der Waals surface area (Å²) in [5.41, 5.74) is 3.31. The van der Waals surface area contributed by atoms with Crippen molar-refractivity contribution in [2.45, 2.75) is 20.3 Å². The smallest absolute Gasteiger partial charge is 0.265 e. The summed E-state index contributed by atoms with van der Waals surface area (Å²) in [5, 5.41) is 5.33. The highest BCUT2D eigenvalue weighted by Gasteiger charge is 2.30. The first kappa shape index (κ1) is 28.3. The van der Waals surface area contributed by atoms with E-state index in [0.29, 0.717) is 45.0 Å². The summed E-state index contributed by atoms with van der Waals surface area (Å²) in [6.07, 6.45) is 0.781. The molecule has 3 heterocycles. The molecule has 0 atom stereocenters. The van der Waals surface area contributed by atoms with Crippen LogP contribution in [0.3, 0.4) is 0 Å². The summed E-state index contributed by atoms with van der Waals surface area (Å²) in [4.78, 5) is 23.2. The number of rotatable bonds is 8. The van der Waals surface area contributed by atoms with Gasteiger partial charge in [0.1, 0.15) is 28.3 Å². The third kappa shape index (κ3) is 5.67. The Hall–Kier alpha value is -2.69. The highest BCUT2D eigenvalue weighted by molar-refractivity contribution is 7.22. The molecule has 4 aromatic rings. The molecule has 2 aromatic carbocycles. The third-order valence-corrected chi connectivity index (χ3v) is 8.10. The van der Waals surface area contributed by atoms with Crippen LogP contribution in [0.4, 0.5) is 5.13 Å². The molecule has 1 aliphatic heterocycles. The fraction of sp³-hybridized carbons (Fsp3) is 0.370. The number of hydrogen-bond acceptors (Lipinski definition) is 8. The summed E-state index contributed by atoms with van der Waals surface area (Å²) in [5.74, 6) is 0.904. The lowest BCUT2D eigenvalue weighted by molar-refractivity contribution is 0.0376. The molecule has 0 aliphatic carbocycles. The van der Waals surface area contributed by atoms with Crippen molar-refractivity contribution in [3.63, 3.8) is 0 Å². The summed E-state index contributed by atoms with van der Waals surface area (Å²) in [6.45, 7) is 8.40. The molecular formula is C27H30Cl2N4O4S. The predicted molar refractivity (Wildman–Crippen MR) is 153 cm³/mol. The van der Waals surface area contributed by atoms with Gasteiger partial charge in [-0.3, -0.25) is 14.6 Å². The van der Waals surface area contributed by atoms with Crippen LogP contribution in [0.15, 0.2) is 40.9 Å². The highest BCUT2D eigenvalue weighted by atomic mass is 35.5. The number of morpholine rings is 1. The molecule has 5 rings (SSSR count). The number of ether oxygens (including phenoxy) is 2. The van der Waals surface area contributed by atoms with E-state index < -0.39 is 0 Å². The van der Waals surface area contributed by atoms with Crippen molar-refractivity contribution >= 4 is 56.6 Å².